The SMILES string of the molecule is CC(C)CNC(=O)[C@@H](C)N(Cc1ccc(Cl)c(Cl)c1)C(=O)Cc1c(F)cccc1Cl. The molecule has 2 rings (SSSR count). The van der Waals surface area contributed by atoms with Crippen LogP contribution in [0.25, 0.3) is 0 Å². The summed E-state index contributed by atoms with van der Waals surface area (Å²) in [6, 6.07) is 8.45. The third-order valence-electron chi connectivity index (χ3n) is 4.58. The van der Waals surface area contributed by atoms with Crippen molar-refractivity contribution in [1.82, 2.24) is 10.2 Å². The Bertz CT molecular complexity index is 901. The van der Waals surface area contributed by atoms with Crippen LogP contribution >= 0.6 is 34.8 Å². The fourth-order valence-electron chi connectivity index (χ4n) is 2.82. The topological polar surface area (TPSA) is 49.4 Å². The van der Waals surface area contributed by atoms with Crippen LogP contribution in [0.15, 0.2) is 36.4 Å². The van der Waals surface area contributed by atoms with Gasteiger partial charge in [0, 0.05) is 23.7 Å². The van der Waals surface area contributed by atoms with E-state index in [1.54, 1.807) is 25.1 Å². The lowest BCUT2D eigenvalue weighted by Crippen LogP contribution is -2.48. The van der Waals surface area contributed by atoms with E-state index in [0.717, 1.165) is 0 Å². The summed E-state index contributed by atoms with van der Waals surface area (Å²) in [5.74, 6) is -1.03. The Morgan fingerprint density at radius 3 is 2.33 bits per heavy atom. The van der Waals surface area contributed by atoms with Crippen LogP contribution in [0.1, 0.15) is 31.9 Å². The molecule has 162 valence electrons. The minimum atomic E-state index is -0.781. The van der Waals surface area contributed by atoms with E-state index in [2.05, 4.69) is 5.32 Å². The Morgan fingerprint density at radius 1 is 1.03 bits per heavy atom. The monoisotopic (exact) mass is 472 g/mol. The summed E-state index contributed by atoms with van der Waals surface area (Å²) in [5.41, 5.74) is 0.791. The van der Waals surface area contributed by atoms with Crippen LogP contribution in [0.2, 0.25) is 15.1 Å². The Kier molecular flexibility index (Phi) is 8.95. The van der Waals surface area contributed by atoms with Crippen molar-refractivity contribution in [3.05, 3.63) is 68.4 Å². The maximum Gasteiger partial charge on any atom is 0.242 e. The molecule has 4 nitrogen and oxygen atoms in total. The second kappa shape index (κ2) is 11.0. The lowest BCUT2D eigenvalue weighted by molar-refractivity contribution is -0.140. The van der Waals surface area contributed by atoms with Crippen LogP contribution in [0.4, 0.5) is 4.39 Å². The van der Waals surface area contributed by atoms with E-state index in [1.165, 1.54) is 23.1 Å². The van der Waals surface area contributed by atoms with Crippen molar-refractivity contribution in [2.45, 2.75) is 39.8 Å². The summed E-state index contributed by atoms with van der Waals surface area (Å²) in [4.78, 5) is 27.1. The van der Waals surface area contributed by atoms with Crippen LogP contribution in [0, 0.1) is 11.7 Å². The Balaban J connectivity index is 2.30. The predicted molar refractivity (Wildman–Crippen MR) is 119 cm³/mol. The minimum Gasteiger partial charge on any atom is -0.354 e. The van der Waals surface area contributed by atoms with Crippen molar-refractivity contribution in [3.63, 3.8) is 0 Å². The molecule has 2 aromatic rings. The second-order valence-electron chi connectivity index (χ2n) is 7.46. The average molecular weight is 474 g/mol. The maximum absolute atomic E-state index is 14.2. The molecule has 0 aliphatic carbocycles. The Morgan fingerprint density at radius 2 is 1.73 bits per heavy atom. The molecule has 0 aliphatic rings. The molecule has 0 saturated heterocycles. The first-order valence-electron chi connectivity index (χ1n) is 9.54. The quantitative estimate of drug-likeness (QED) is 0.549. The number of nitrogens with zero attached hydrogens (tertiary/aromatic N) is 1. The first-order valence-corrected chi connectivity index (χ1v) is 10.7. The summed E-state index contributed by atoms with van der Waals surface area (Å²) in [6.45, 7) is 6.18. The van der Waals surface area contributed by atoms with Crippen molar-refractivity contribution in [2.24, 2.45) is 5.92 Å². The van der Waals surface area contributed by atoms with E-state index in [4.69, 9.17) is 34.8 Å². The van der Waals surface area contributed by atoms with Gasteiger partial charge in [-0.15, -0.1) is 0 Å². The number of carbonyl (C=O) groups is 2. The highest BCUT2D eigenvalue weighted by molar-refractivity contribution is 6.42. The number of carbonyl (C=O) groups excluding carboxylic acids is 2. The molecule has 2 aromatic carbocycles. The van der Waals surface area contributed by atoms with Gasteiger partial charge in [-0.2, -0.15) is 0 Å². The lowest BCUT2D eigenvalue weighted by Gasteiger charge is -2.29. The molecular formula is C22H24Cl3FN2O2. The smallest absolute Gasteiger partial charge is 0.242 e. The summed E-state index contributed by atoms with van der Waals surface area (Å²) in [6.07, 6.45) is -0.269. The van der Waals surface area contributed by atoms with E-state index in [-0.39, 0.29) is 35.4 Å². The van der Waals surface area contributed by atoms with E-state index in [1.807, 2.05) is 13.8 Å². The van der Waals surface area contributed by atoms with Gasteiger partial charge in [0.25, 0.3) is 0 Å². The molecular weight excluding hydrogens is 450 g/mol. The van der Waals surface area contributed by atoms with Gasteiger partial charge in [0.05, 0.1) is 16.5 Å². The molecule has 1 N–H and O–H groups in total. The van der Waals surface area contributed by atoms with Gasteiger partial charge in [-0.05, 0) is 42.7 Å². The fraction of sp³-hybridized carbons (Fsp3) is 0.364. The van der Waals surface area contributed by atoms with E-state index >= 15 is 0 Å². The van der Waals surface area contributed by atoms with Gasteiger partial charge >= 0.3 is 0 Å². The van der Waals surface area contributed by atoms with Crippen LogP contribution in [-0.2, 0) is 22.6 Å². The number of halogens is 4. The highest BCUT2D eigenvalue weighted by Crippen LogP contribution is 2.25. The van der Waals surface area contributed by atoms with Crippen LogP contribution in [0.5, 0.6) is 0 Å². The van der Waals surface area contributed by atoms with Crippen LogP contribution < -0.4 is 5.32 Å². The zero-order chi connectivity index (χ0) is 22.4. The van der Waals surface area contributed by atoms with Crippen molar-refractivity contribution in [1.29, 1.82) is 0 Å². The lowest BCUT2D eigenvalue weighted by atomic mass is 10.1. The molecule has 0 spiro atoms. The number of hydrogen-bond donors (Lipinski definition) is 1. The van der Waals surface area contributed by atoms with Gasteiger partial charge < -0.3 is 10.2 Å². The van der Waals surface area contributed by atoms with Gasteiger partial charge in [-0.3, -0.25) is 9.59 Å². The van der Waals surface area contributed by atoms with E-state index in [0.29, 0.717) is 22.2 Å². The molecule has 8 heteroatoms. The standard InChI is InChI=1S/C22H24Cl3FN2O2/c1-13(2)11-27-22(30)14(3)28(12-15-7-8-18(24)19(25)9-15)21(29)10-16-17(23)5-4-6-20(16)26/h4-9,13-14H,10-12H2,1-3H3,(H,27,30)/t14-/m1/s1. The molecule has 30 heavy (non-hydrogen) atoms. The number of hydrogen-bond acceptors (Lipinski definition) is 2. The normalized spacial score (nSPS) is 12.0. The summed E-state index contributed by atoms with van der Waals surface area (Å²) in [7, 11) is 0. The molecule has 0 aromatic heterocycles. The Labute approximate surface area is 191 Å². The number of nitrogens with one attached hydrogen (secondary N) is 1. The highest BCUT2D eigenvalue weighted by atomic mass is 35.5. The highest BCUT2D eigenvalue weighted by Gasteiger charge is 2.27. The molecule has 0 heterocycles. The molecule has 2 amide bonds. The molecule has 0 saturated carbocycles. The summed E-state index contributed by atoms with van der Waals surface area (Å²) < 4.78 is 14.2. The van der Waals surface area contributed by atoms with Crippen LogP contribution in [-0.4, -0.2) is 29.3 Å². The number of amides is 2. The van der Waals surface area contributed by atoms with Gasteiger partial charge in [-0.1, -0.05) is 60.8 Å². The first kappa shape index (κ1) is 24.4. The van der Waals surface area contributed by atoms with Crippen LogP contribution in [0.3, 0.4) is 0 Å². The molecule has 1 atom stereocenters. The van der Waals surface area contributed by atoms with Crippen molar-refractivity contribution < 1.29 is 14.0 Å². The summed E-state index contributed by atoms with van der Waals surface area (Å²) >= 11 is 18.1. The van der Waals surface area contributed by atoms with Crippen molar-refractivity contribution >= 4 is 46.6 Å². The maximum atomic E-state index is 14.2. The largest absolute Gasteiger partial charge is 0.354 e. The van der Waals surface area contributed by atoms with Gasteiger partial charge in [0.15, 0.2) is 0 Å². The zero-order valence-electron chi connectivity index (χ0n) is 17.0. The van der Waals surface area contributed by atoms with Gasteiger partial charge in [0.1, 0.15) is 11.9 Å². The van der Waals surface area contributed by atoms with Gasteiger partial charge in [0.2, 0.25) is 11.8 Å². The molecule has 0 fully saturated rings. The molecule has 0 radical (unpaired) electrons. The van der Waals surface area contributed by atoms with E-state index in [9.17, 15) is 14.0 Å². The van der Waals surface area contributed by atoms with Crippen molar-refractivity contribution in [3.8, 4) is 0 Å². The number of benzene rings is 2. The third kappa shape index (κ3) is 6.59. The number of rotatable bonds is 8. The minimum absolute atomic E-state index is 0.0955. The molecule has 0 unspecified atom stereocenters. The second-order valence-corrected chi connectivity index (χ2v) is 8.68. The average Bonchev–Trinajstić information content (AvgIpc) is 2.69. The zero-order valence-corrected chi connectivity index (χ0v) is 19.3. The molecule has 0 bridgehead atoms. The fourth-order valence-corrected chi connectivity index (χ4v) is 3.37. The Hall–Kier alpha value is -1.82. The summed E-state index contributed by atoms with van der Waals surface area (Å²) in [5, 5.41) is 3.72. The van der Waals surface area contributed by atoms with Crippen molar-refractivity contribution in [2.75, 3.05) is 6.54 Å². The first-order chi connectivity index (χ1) is 14.1. The van der Waals surface area contributed by atoms with Gasteiger partial charge in [-0.25, -0.2) is 4.39 Å². The van der Waals surface area contributed by atoms with E-state index < -0.39 is 17.8 Å². The molecule has 0 aliphatic heterocycles. The predicted octanol–water partition coefficient (Wildman–Crippen LogP) is 5.52. The third-order valence-corrected chi connectivity index (χ3v) is 5.67.